The normalized spacial score (nSPS) is 10.2. The second-order valence-electron chi connectivity index (χ2n) is 6.87. The van der Waals surface area contributed by atoms with Crippen molar-refractivity contribution in [1.29, 1.82) is 0 Å². The van der Waals surface area contributed by atoms with E-state index in [1.807, 2.05) is 6.92 Å². The molecule has 0 aromatic heterocycles. The van der Waals surface area contributed by atoms with Gasteiger partial charge in [-0.3, -0.25) is 25.8 Å². The zero-order valence-electron chi connectivity index (χ0n) is 18.2. The summed E-state index contributed by atoms with van der Waals surface area (Å²) in [5.74, 6) is 0.557. The molecule has 0 aliphatic rings. The number of amides is 2. The number of rotatable bonds is 10. The van der Waals surface area contributed by atoms with Gasteiger partial charge >= 0.3 is 0 Å². The molecule has 3 N–H and O–H groups in total. The Balaban J connectivity index is 1.78. The van der Waals surface area contributed by atoms with Gasteiger partial charge in [-0.25, -0.2) is 0 Å². The van der Waals surface area contributed by atoms with E-state index in [2.05, 4.69) is 39.0 Å². The van der Waals surface area contributed by atoms with E-state index in [0.29, 0.717) is 34.6 Å². The van der Waals surface area contributed by atoms with E-state index in [9.17, 15) is 9.59 Å². The number of thiocarbonyl (C=S) groups is 1. The van der Waals surface area contributed by atoms with Crippen LogP contribution in [0.2, 0.25) is 0 Å². The Morgan fingerprint density at radius 2 is 1.62 bits per heavy atom. The van der Waals surface area contributed by atoms with Crippen molar-refractivity contribution in [3.05, 3.63) is 58.1 Å². The molecule has 0 bridgehead atoms. The quantitative estimate of drug-likeness (QED) is 0.237. The molecule has 0 unspecified atom stereocenters. The van der Waals surface area contributed by atoms with E-state index in [1.54, 1.807) is 42.5 Å². The lowest BCUT2D eigenvalue weighted by molar-refractivity contribution is 0.0934. The summed E-state index contributed by atoms with van der Waals surface area (Å²) < 4.78 is 11.8. The number of hydrogen-bond acceptors (Lipinski definition) is 5. The zero-order chi connectivity index (χ0) is 23.3. The number of nitrogens with one attached hydrogen (secondary N) is 3. The van der Waals surface area contributed by atoms with Gasteiger partial charge in [-0.15, -0.1) is 0 Å². The third-order valence-corrected chi connectivity index (χ3v) is 5.22. The molecule has 0 heterocycles. The second-order valence-corrected chi connectivity index (χ2v) is 8.14. The first-order valence-electron chi connectivity index (χ1n) is 10.5. The van der Waals surface area contributed by atoms with Crippen LogP contribution in [0.4, 0.5) is 0 Å². The molecule has 0 spiro atoms. The van der Waals surface area contributed by atoms with Crippen LogP contribution in [-0.2, 0) is 0 Å². The maximum Gasteiger partial charge on any atom is 0.269 e. The van der Waals surface area contributed by atoms with E-state index in [1.165, 1.54) is 12.8 Å². The first kappa shape index (κ1) is 25.6. The molecule has 0 aliphatic carbocycles. The molecule has 2 amide bonds. The molecule has 2 aromatic rings. The highest BCUT2D eigenvalue weighted by atomic mass is 79.9. The monoisotopic (exact) mass is 521 g/mol. The summed E-state index contributed by atoms with van der Waals surface area (Å²) in [4.78, 5) is 24.6. The summed E-state index contributed by atoms with van der Waals surface area (Å²) in [6, 6.07) is 11.8. The number of carbonyl (C=O) groups is 2. The van der Waals surface area contributed by atoms with Crippen LogP contribution in [0.1, 0.15) is 60.2 Å². The predicted octanol–water partition coefficient (Wildman–Crippen LogP) is 4.76. The molecule has 172 valence electrons. The van der Waals surface area contributed by atoms with Gasteiger partial charge in [-0.05, 0) is 84.0 Å². The largest absolute Gasteiger partial charge is 0.494 e. The summed E-state index contributed by atoms with van der Waals surface area (Å²) in [7, 11) is 0. The van der Waals surface area contributed by atoms with Crippen LogP contribution in [-0.4, -0.2) is 30.1 Å². The Bertz CT molecular complexity index is 922. The third-order valence-electron chi connectivity index (χ3n) is 4.39. The topological polar surface area (TPSA) is 88.7 Å². The van der Waals surface area contributed by atoms with Crippen molar-refractivity contribution in [2.24, 2.45) is 0 Å². The Morgan fingerprint density at radius 1 is 0.906 bits per heavy atom. The molecule has 0 atom stereocenters. The SMILES string of the molecule is CCCCCCOc1ccc(C(=O)NNC(=S)NC(=O)c2ccc(OCC)c(Br)c2)cc1. The Kier molecular flexibility index (Phi) is 11.0. The molecule has 2 aromatic carbocycles. The Labute approximate surface area is 202 Å². The van der Waals surface area contributed by atoms with Crippen molar-refractivity contribution in [1.82, 2.24) is 16.2 Å². The van der Waals surface area contributed by atoms with Gasteiger partial charge in [0.05, 0.1) is 17.7 Å². The van der Waals surface area contributed by atoms with Gasteiger partial charge in [0, 0.05) is 11.1 Å². The predicted molar refractivity (Wildman–Crippen MR) is 132 cm³/mol. The lowest BCUT2D eigenvalue weighted by atomic mass is 10.2. The average Bonchev–Trinajstić information content (AvgIpc) is 2.79. The minimum absolute atomic E-state index is 0.0274. The summed E-state index contributed by atoms with van der Waals surface area (Å²) in [5.41, 5.74) is 5.81. The minimum atomic E-state index is -0.416. The van der Waals surface area contributed by atoms with Crippen LogP contribution >= 0.6 is 28.1 Å². The summed E-state index contributed by atoms with van der Waals surface area (Å²) >= 11 is 8.45. The van der Waals surface area contributed by atoms with E-state index >= 15 is 0 Å². The summed E-state index contributed by atoms with van der Waals surface area (Å²) in [6.07, 6.45) is 4.55. The molecule has 0 fully saturated rings. The van der Waals surface area contributed by atoms with Gasteiger partial charge in [0.2, 0.25) is 0 Å². The van der Waals surface area contributed by atoms with Crippen molar-refractivity contribution in [3.8, 4) is 11.5 Å². The molecular weight excluding hydrogens is 494 g/mol. The van der Waals surface area contributed by atoms with Crippen LogP contribution in [0, 0.1) is 0 Å². The first-order chi connectivity index (χ1) is 15.4. The fraction of sp³-hybridized carbons (Fsp3) is 0.348. The number of ether oxygens (including phenoxy) is 2. The number of carbonyl (C=O) groups excluding carboxylic acids is 2. The smallest absolute Gasteiger partial charge is 0.269 e. The molecule has 32 heavy (non-hydrogen) atoms. The Morgan fingerprint density at radius 3 is 2.28 bits per heavy atom. The molecule has 7 nitrogen and oxygen atoms in total. The number of unbranched alkanes of at least 4 members (excludes halogenated alkanes) is 3. The maximum absolute atomic E-state index is 12.3. The first-order valence-corrected chi connectivity index (χ1v) is 11.7. The highest BCUT2D eigenvalue weighted by Gasteiger charge is 2.12. The molecule has 2 rings (SSSR count). The number of hydrazine groups is 1. The summed E-state index contributed by atoms with van der Waals surface area (Å²) in [5, 5.41) is 2.49. The second kappa shape index (κ2) is 13.7. The van der Waals surface area contributed by atoms with Crippen molar-refractivity contribution in [2.45, 2.75) is 39.5 Å². The van der Waals surface area contributed by atoms with E-state index in [-0.39, 0.29) is 11.0 Å². The maximum atomic E-state index is 12.3. The van der Waals surface area contributed by atoms with Crippen LogP contribution < -0.4 is 25.6 Å². The molecule has 9 heteroatoms. The van der Waals surface area contributed by atoms with Crippen molar-refractivity contribution in [3.63, 3.8) is 0 Å². The summed E-state index contributed by atoms with van der Waals surface area (Å²) in [6.45, 7) is 5.23. The van der Waals surface area contributed by atoms with Gasteiger partial charge in [0.15, 0.2) is 5.11 Å². The standard InChI is InChI=1S/C23H28BrN3O4S/c1-3-5-6-7-14-31-18-11-8-16(9-12-18)22(29)26-27-23(32)25-21(28)17-10-13-20(30-4-2)19(24)15-17/h8-13,15H,3-7,14H2,1-2H3,(H,26,29)(H2,25,27,28,32). The zero-order valence-corrected chi connectivity index (χ0v) is 20.6. The minimum Gasteiger partial charge on any atom is -0.494 e. The van der Waals surface area contributed by atoms with Crippen molar-refractivity contribution >= 4 is 45.1 Å². The van der Waals surface area contributed by atoms with Crippen LogP contribution in [0.5, 0.6) is 11.5 Å². The van der Waals surface area contributed by atoms with Crippen LogP contribution in [0.25, 0.3) is 0 Å². The molecule has 0 radical (unpaired) electrons. The highest BCUT2D eigenvalue weighted by molar-refractivity contribution is 9.10. The number of hydrogen-bond donors (Lipinski definition) is 3. The van der Waals surface area contributed by atoms with Gasteiger partial charge in [-0.2, -0.15) is 0 Å². The van der Waals surface area contributed by atoms with Gasteiger partial charge < -0.3 is 9.47 Å². The molecular formula is C23H28BrN3O4S. The van der Waals surface area contributed by atoms with E-state index in [4.69, 9.17) is 21.7 Å². The van der Waals surface area contributed by atoms with Gasteiger partial charge in [-0.1, -0.05) is 26.2 Å². The molecule has 0 saturated heterocycles. The fourth-order valence-corrected chi connectivity index (χ4v) is 3.37. The van der Waals surface area contributed by atoms with Crippen LogP contribution in [0.3, 0.4) is 0 Å². The Hall–Kier alpha value is -2.65. The van der Waals surface area contributed by atoms with Crippen molar-refractivity contribution in [2.75, 3.05) is 13.2 Å². The van der Waals surface area contributed by atoms with Crippen molar-refractivity contribution < 1.29 is 19.1 Å². The van der Waals surface area contributed by atoms with Crippen LogP contribution in [0.15, 0.2) is 46.9 Å². The average molecular weight is 522 g/mol. The van der Waals surface area contributed by atoms with E-state index in [0.717, 1.165) is 18.6 Å². The number of benzene rings is 2. The number of halogens is 1. The fourth-order valence-electron chi connectivity index (χ4n) is 2.73. The van der Waals surface area contributed by atoms with Gasteiger partial charge in [0.1, 0.15) is 11.5 Å². The molecule has 0 aliphatic heterocycles. The lowest BCUT2D eigenvalue weighted by Crippen LogP contribution is -2.48. The lowest BCUT2D eigenvalue weighted by Gasteiger charge is -2.12. The third kappa shape index (κ3) is 8.47. The molecule has 0 saturated carbocycles. The van der Waals surface area contributed by atoms with E-state index < -0.39 is 5.91 Å². The van der Waals surface area contributed by atoms with Gasteiger partial charge in [0.25, 0.3) is 11.8 Å². The highest BCUT2D eigenvalue weighted by Crippen LogP contribution is 2.25.